The molecule has 0 heterocycles. The second-order valence-electron chi connectivity index (χ2n) is 2.61. The standard InChI is InChI=1S/C7H13FO2/c1-3-4-5-7(2,8)6(9)10/h3-5H2,1-2H3,(H,9,10)/t7-/m0/s1. The van der Waals surface area contributed by atoms with E-state index in [0.717, 1.165) is 13.3 Å². The molecule has 0 fully saturated rings. The monoisotopic (exact) mass is 148 g/mol. The maximum atomic E-state index is 12.8. The topological polar surface area (TPSA) is 37.3 Å². The molecule has 0 aliphatic carbocycles. The lowest BCUT2D eigenvalue weighted by atomic mass is 10.0. The molecule has 0 aromatic rings. The lowest BCUT2D eigenvalue weighted by Gasteiger charge is -2.13. The molecule has 0 spiro atoms. The number of carboxylic acid groups (broad SMARTS) is 1. The van der Waals surface area contributed by atoms with Crippen molar-refractivity contribution < 1.29 is 14.3 Å². The second kappa shape index (κ2) is 3.54. The van der Waals surface area contributed by atoms with Gasteiger partial charge in [-0.2, -0.15) is 0 Å². The number of halogens is 1. The summed E-state index contributed by atoms with van der Waals surface area (Å²) < 4.78 is 12.8. The Morgan fingerprint density at radius 1 is 1.70 bits per heavy atom. The molecule has 2 nitrogen and oxygen atoms in total. The number of hydrogen-bond acceptors (Lipinski definition) is 1. The second-order valence-corrected chi connectivity index (χ2v) is 2.61. The average Bonchev–Trinajstić information content (AvgIpc) is 1.84. The number of rotatable bonds is 4. The van der Waals surface area contributed by atoms with Gasteiger partial charge in [0.2, 0.25) is 5.67 Å². The molecule has 0 saturated heterocycles. The molecular weight excluding hydrogens is 135 g/mol. The minimum atomic E-state index is -2.03. The van der Waals surface area contributed by atoms with Crippen LogP contribution in [-0.4, -0.2) is 16.7 Å². The first-order chi connectivity index (χ1) is 4.50. The third kappa shape index (κ3) is 2.80. The molecule has 0 aliphatic rings. The Labute approximate surface area is 60.1 Å². The fourth-order valence-corrected chi connectivity index (χ4v) is 0.616. The van der Waals surface area contributed by atoms with Crippen LogP contribution < -0.4 is 0 Å². The first-order valence-electron chi connectivity index (χ1n) is 3.43. The third-order valence-electron chi connectivity index (χ3n) is 1.45. The van der Waals surface area contributed by atoms with Crippen LogP contribution in [-0.2, 0) is 4.79 Å². The van der Waals surface area contributed by atoms with Gasteiger partial charge in [-0.05, 0) is 19.8 Å². The third-order valence-corrected chi connectivity index (χ3v) is 1.45. The summed E-state index contributed by atoms with van der Waals surface area (Å²) in [6.07, 6.45) is 1.56. The SMILES string of the molecule is CCCC[C@](C)(F)C(=O)O. The van der Waals surface area contributed by atoms with Gasteiger partial charge in [0.05, 0.1) is 0 Å². The van der Waals surface area contributed by atoms with Crippen LogP contribution in [0.1, 0.15) is 33.1 Å². The molecule has 10 heavy (non-hydrogen) atoms. The molecule has 0 aromatic carbocycles. The van der Waals surface area contributed by atoms with Crippen molar-refractivity contribution in [1.29, 1.82) is 0 Å². The van der Waals surface area contributed by atoms with E-state index >= 15 is 0 Å². The minimum absolute atomic E-state index is 0.110. The summed E-state index contributed by atoms with van der Waals surface area (Å²) in [5.41, 5.74) is -2.03. The summed E-state index contributed by atoms with van der Waals surface area (Å²) >= 11 is 0. The summed E-state index contributed by atoms with van der Waals surface area (Å²) in [5, 5.41) is 8.29. The van der Waals surface area contributed by atoms with Crippen LogP contribution in [0.5, 0.6) is 0 Å². The molecular formula is C7H13FO2. The van der Waals surface area contributed by atoms with E-state index in [1.807, 2.05) is 6.92 Å². The molecule has 0 unspecified atom stereocenters. The molecule has 0 amide bonds. The van der Waals surface area contributed by atoms with Gasteiger partial charge in [0.1, 0.15) is 0 Å². The van der Waals surface area contributed by atoms with Crippen LogP contribution in [0.2, 0.25) is 0 Å². The molecule has 60 valence electrons. The minimum Gasteiger partial charge on any atom is -0.479 e. The van der Waals surface area contributed by atoms with Gasteiger partial charge in [-0.1, -0.05) is 13.3 Å². The molecule has 1 N–H and O–H groups in total. The van der Waals surface area contributed by atoms with Crippen LogP contribution in [0.15, 0.2) is 0 Å². The van der Waals surface area contributed by atoms with E-state index in [1.165, 1.54) is 0 Å². The van der Waals surface area contributed by atoms with E-state index in [4.69, 9.17) is 5.11 Å². The number of aliphatic carboxylic acids is 1. The van der Waals surface area contributed by atoms with Crippen molar-refractivity contribution in [3.8, 4) is 0 Å². The fourth-order valence-electron chi connectivity index (χ4n) is 0.616. The first kappa shape index (κ1) is 9.40. The molecule has 0 aromatic heterocycles. The Bertz CT molecular complexity index is 121. The Balaban J connectivity index is 3.75. The van der Waals surface area contributed by atoms with E-state index in [-0.39, 0.29) is 6.42 Å². The zero-order valence-electron chi connectivity index (χ0n) is 6.35. The van der Waals surface area contributed by atoms with E-state index < -0.39 is 11.6 Å². The Kier molecular flexibility index (Phi) is 3.33. The number of unbranched alkanes of at least 4 members (excludes halogenated alkanes) is 1. The van der Waals surface area contributed by atoms with Crippen LogP contribution in [0.25, 0.3) is 0 Å². The fraction of sp³-hybridized carbons (Fsp3) is 0.857. The predicted molar refractivity (Wildman–Crippen MR) is 36.7 cm³/mol. The zero-order chi connectivity index (χ0) is 8.20. The summed E-state index contributed by atoms with van der Waals surface area (Å²) in [6, 6.07) is 0. The van der Waals surface area contributed by atoms with Gasteiger partial charge in [-0.25, -0.2) is 9.18 Å². The van der Waals surface area contributed by atoms with Crippen molar-refractivity contribution in [3.05, 3.63) is 0 Å². The average molecular weight is 148 g/mol. The largest absolute Gasteiger partial charge is 0.479 e. The number of carboxylic acids is 1. The maximum absolute atomic E-state index is 12.8. The van der Waals surface area contributed by atoms with Gasteiger partial charge in [0, 0.05) is 0 Å². The van der Waals surface area contributed by atoms with Gasteiger partial charge in [-0.3, -0.25) is 0 Å². The lowest BCUT2D eigenvalue weighted by molar-refractivity contribution is -0.150. The summed E-state index contributed by atoms with van der Waals surface area (Å²) in [4.78, 5) is 10.2. The van der Waals surface area contributed by atoms with Crippen molar-refractivity contribution in [2.45, 2.75) is 38.8 Å². The Morgan fingerprint density at radius 2 is 2.20 bits per heavy atom. The molecule has 0 rings (SSSR count). The van der Waals surface area contributed by atoms with Gasteiger partial charge in [-0.15, -0.1) is 0 Å². The van der Waals surface area contributed by atoms with Crippen LogP contribution in [0.4, 0.5) is 4.39 Å². The highest BCUT2D eigenvalue weighted by Gasteiger charge is 2.31. The molecule has 0 aliphatic heterocycles. The normalized spacial score (nSPS) is 16.3. The quantitative estimate of drug-likeness (QED) is 0.662. The van der Waals surface area contributed by atoms with Gasteiger partial charge >= 0.3 is 5.97 Å². The van der Waals surface area contributed by atoms with Crippen molar-refractivity contribution in [3.63, 3.8) is 0 Å². The van der Waals surface area contributed by atoms with Crippen molar-refractivity contribution in [2.24, 2.45) is 0 Å². The van der Waals surface area contributed by atoms with E-state index in [2.05, 4.69) is 0 Å². The lowest BCUT2D eigenvalue weighted by Crippen LogP contribution is -2.29. The molecule has 0 bridgehead atoms. The molecule has 0 saturated carbocycles. The van der Waals surface area contributed by atoms with Crippen molar-refractivity contribution in [2.75, 3.05) is 0 Å². The zero-order valence-corrected chi connectivity index (χ0v) is 6.35. The number of carbonyl (C=O) groups is 1. The predicted octanol–water partition coefficient (Wildman–Crippen LogP) is 1.99. The molecule has 1 atom stereocenters. The van der Waals surface area contributed by atoms with Gasteiger partial charge in [0.15, 0.2) is 0 Å². The van der Waals surface area contributed by atoms with E-state index in [1.54, 1.807) is 0 Å². The number of hydrogen-bond donors (Lipinski definition) is 1. The first-order valence-corrected chi connectivity index (χ1v) is 3.43. The highest BCUT2D eigenvalue weighted by atomic mass is 19.1. The van der Waals surface area contributed by atoms with Crippen molar-refractivity contribution >= 4 is 5.97 Å². The van der Waals surface area contributed by atoms with Crippen LogP contribution >= 0.6 is 0 Å². The number of alkyl halides is 1. The van der Waals surface area contributed by atoms with Crippen molar-refractivity contribution in [1.82, 2.24) is 0 Å². The summed E-state index contributed by atoms with van der Waals surface area (Å²) in [5.74, 6) is -1.36. The van der Waals surface area contributed by atoms with Gasteiger partial charge < -0.3 is 5.11 Å². The maximum Gasteiger partial charge on any atom is 0.341 e. The molecule has 0 radical (unpaired) electrons. The Morgan fingerprint density at radius 3 is 2.50 bits per heavy atom. The Hall–Kier alpha value is -0.600. The highest BCUT2D eigenvalue weighted by molar-refractivity contribution is 5.76. The van der Waals surface area contributed by atoms with Gasteiger partial charge in [0.25, 0.3) is 0 Å². The van der Waals surface area contributed by atoms with E-state index in [9.17, 15) is 9.18 Å². The van der Waals surface area contributed by atoms with E-state index in [0.29, 0.717) is 6.42 Å². The molecule has 3 heteroatoms. The highest BCUT2D eigenvalue weighted by Crippen LogP contribution is 2.18. The summed E-state index contributed by atoms with van der Waals surface area (Å²) in [7, 11) is 0. The smallest absolute Gasteiger partial charge is 0.341 e. The van der Waals surface area contributed by atoms with Crippen LogP contribution in [0, 0.1) is 0 Å². The van der Waals surface area contributed by atoms with Crippen LogP contribution in [0.3, 0.4) is 0 Å². The summed E-state index contributed by atoms with van der Waals surface area (Å²) in [6.45, 7) is 3.00.